The van der Waals surface area contributed by atoms with E-state index in [0.29, 0.717) is 17.9 Å². The van der Waals surface area contributed by atoms with Gasteiger partial charge in [0, 0.05) is 63.4 Å². The maximum atomic E-state index is 4.84. The maximum absolute atomic E-state index is 4.84. The molecule has 4 nitrogen and oxygen atoms in total. The lowest BCUT2D eigenvalue weighted by atomic mass is 9.78. The molecule has 0 spiro atoms. The fraction of sp³-hybridized carbons (Fsp3) is 0.176. The average molecular weight is 711 g/mol. The molecule has 2 aliphatic heterocycles. The van der Waals surface area contributed by atoms with Crippen molar-refractivity contribution in [2.45, 2.75) is 44.7 Å². The molecule has 0 fully saturated rings. The van der Waals surface area contributed by atoms with Crippen molar-refractivity contribution in [1.82, 2.24) is 14.9 Å². The molecular weight excluding hydrogens is 669 g/mol. The summed E-state index contributed by atoms with van der Waals surface area (Å²) < 4.78 is 0. The Hall–Kier alpha value is -6.26. The fourth-order valence-electron chi connectivity index (χ4n) is 9.97. The number of aromatic nitrogens is 2. The van der Waals surface area contributed by atoms with E-state index in [2.05, 4.69) is 162 Å². The highest BCUT2D eigenvalue weighted by Crippen LogP contribution is 2.58. The number of anilines is 3. The van der Waals surface area contributed by atoms with E-state index in [-0.39, 0.29) is 6.04 Å². The normalized spacial score (nSPS) is 22.1. The molecule has 0 radical (unpaired) electrons. The van der Waals surface area contributed by atoms with Crippen molar-refractivity contribution >= 4 is 50.9 Å². The number of rotatable bonds is 4. The van der Waals surface area contributed by atoms with Gasteiger partial charge >= 0.3 is 0 Å². The molecule has 0 amide bonds. The summed E-state index contributed by atoms with van der Waals surface area (Å²) in [5, 5.41) is 1.18. The van der Waals surface area contributed by atoms with Crippen LogP contribution < -0.4 is 4.90 Å². The molecule has 5 aliphatic rings. The Morgan fingerprint density at radius 1 is 0.691 bits per heavy atom. The van der Waals surface area contributed by atoms with Gasteiger partial charge in [0.15, 0.2) is 0 Å². The summed E-state index contributed by atoms with van der Waals surface area (Å²) >= 11 is 0. The first-order valence-corrected chi connectivity index (χ1v) is 19.9. The highest BCUT2D eigenvalue weighted by atomic mass is 15.2. The van der Waals surface area contributed by atoms with E-state index in [1.165, 1.54) is 67.1 Å². The van der Waals surface area contributed by atoms with Gasteiger partial charge in [-0.15, -0.1) is 0 Å². The van der Waals surface area contributed by atoms with E-state index in [4.69, 9.17) is 9.97 Å². The van der Waals surface area contributed by atoms with Crippen LogP contribution in [-0.2, 0) is 6.42 Å². The summed E-state index contributed by atoms with van der Waals surface area (Å²) in [5.41, 5.74) is 17.3. The smallest absolute Gasteiger partial charge is 0.0780 e. The van der Waals surface area contributed by atoms with Crippen molar-refractivity contribution < 1.29 is 0 Å². The number of aryl methyl sites for hydroxylation is 1. The fourth-order valence-corrected chi connectivity index (χ4v) is 9.97. The highest BCUT2D eigenvalue weighted by molar-refractivity contribution is 6.06. The van der Waals surface area contributed by atoms with Crippen LogP contribution in [0.3, 0.4) is 0 Å². The van der Waals surface area contributed by atoms with Gasteiger partial charge in [-0.25, -0.2) is 0 Å². The molecule has 0 saturated heterocycles. The molecule has 4 heterocycles. The quantitative estimate of drug-likeness (QED) is 0.171. The van der Waals surface area contributed by atoms with Gasteiger partial charge in [0.25, 0.3) is 0 Å². The minimum atomic E-state index is 0.228. The summed E-state index contributed by atoms with van der Waals surface area (Å²) in [6, 6.07) is 40.9. The number of nitrogens with zero attached hydrogens (tertiary/aromatic N) is 4. The lowest BCUT2D eigenvalue weighted by molar-refractivity contribution is 0.181. The van der Waals surface area contributed by atoms with Gasteiger partial charge in [-0.1, -0.05) is 122 Å². The van der Waals surface area contributed by atoms with Crippen LogP contribution in [0.5, 0.6) is 0 Å². The van der Waals surface area contributed by atoms with Crippen LogP contribution in [0.2, 0.25) is 0 Å². The van der Waals surface area contributed by atoms with Crippen LogP contribution in [0.1, 0.15) is 54.1 Å². The molecular formula is C51H42N4. The summed E-state index contributed by atoms with van der Waals surface area (Å²) in [6.45, 7) is 2.45. The zero-order valence-corrected chi connectivity index (χ0v) is 31.0. The number of benzene rings is 4. The van der Waals surface area contributed by atoms with Crippen LogP contribution in [0.15, 0.2) is 158 Å². The van der Waals surface area contributed by atoms with Gasteiger partial charge in [0.05, 0.1) is 28.6 Å². The molecule has 0 N–H and O–H groups in total. The van der Waals surface area contributed by atoms with E-state index >= 15 is 0 Å². The molecule has 55 heavy (non-hydrogen) atoms. The van der Waals surface area contributed by atoms with Crippen LogP contribution in [0, 0.1) is 11.8 Å². The van der Waals surface area contributed by atoms with Gasteiger partial charge < -0.3 is 9.80 Å². The number of allylic oxidation sites excluding steroid dienone is 4. The summed E-state index contributed by atoms with van der Waals surface area (Å²) in [4.78, 5) is 14.9. The third-order valence-electron chi connectivity index (χ3n) is 12.5. The minimum Gasteiger partial charge on any atom is -0.360 e. The second kappa shape index (κ2) is 13.0. The van der Waals surface area contributed by atoms with E-state index in [0.717, 1.165) is 42.5 Å². The Bertz CT molecular complexity index is 2650. The van der Waals surface area contributed by atoms with Crippen molar-refractivity contribution in [1.29, 1.82) is 0 Å². The van der Waals surface area contributed by atoms with Gasteiger partial charge in [-0.2, -0.15) is 0 Å². The number of hydrogen-bond donors (Lipinski definition) is 0. The Kier molecular flexibility index (Phi) is 7.58. The lowest BCUT2D eigenvalue weighted by Gasteiger charge is -2.43. The standard InChI is InChI=1S/C51H42N4/c1-33-11-8-18-44-48-42-15-3-6-20-46(42)54(39-26-22-34(23-27-39)38-31-37-12-2-5-19-45(37)53-32-38)47-21-7-4-16-43(47)51(48)55(50(33)44)40-28-24-35(25-29-40)41-17-9-13-36-14-10-30-52-49(36)41/h2-4,6-10,12-18,20-28,30-33,40,44,50H,5,11,19,29H2,1H3/t33-,40?,44?,50?/m1/s1. The van der Waals surface area contributed by atoms with Gasteiger partial charge in [0.1, 0.15) is 0 Å². The van der Waals surface area contributed by atoms with Crippen LogP contribution in [0.4, 0.5) is 17.1 Å². The predicted molar refractivity (Wildman–Crippen MR) is 228 cm³/mol. The molecule has 11 rings (SSSR count). The molecule has 4 aromatic carbocycles. The van der Waals surface area contributed by atoms with Crippen LogP contribution >= 0.6 is 0 Å². The molecule has 6 aromatic rings. The Labute approximate surface area is 323 Å². The molecule has 3 aliphatic carbocycles. The first kappa shape index (κ1) is 32.2. The zero-order valence-electron chi connectivity index (χ0n) is 31.0. The monoisotopic (exact) mass is 710 g/mol. The van der Waals surface area contributed by atoms with Crippen LogP contribution in [-0.4, -0.2) is 27.0 Å². The van der Waals surface area contributed by atoms with E-state index in [1.807, 2.05) is 18.5 Å². The number of pyridine rings is 2. The Morgan fingerprint density at radius 2 is 1.49 bits per heavy atom. The Morgan fingerprint density at radius 3 is 2.35 bits per heavy atom. The first-order chi connectivity index (χ1) is 27.2. The second-order valence-electron chi connectivity index (χ2n) is 15.6. The molecule has 4 atom stereocenters. The van der Waals surface area contributed by atoms with Crippen molar-refractivity contribution in [3.63, 3.8) is 0 Å². The Balaban J connectivity index is 1.02. The number of hydrogen-bond acceptors (Lipinski definition) is 4. The van der Waals surface area contributed by atoms with Gasteiger partial charge in [0.2, 0.25) is 0 Å². The molecule has 0 bridgehead atoms. The molecule has 0 saturated carbocycles. The highest BCUT2D eigenvalue weighted by Gasteiger charge is 2.48. The van der Waals surface area contributed by atoms with Crippen molar-refractivity contribution in [2.24, 2.45) is 11.8 Å². The molecule has 4 heteroatoms. The average Bonchev–Trinajstić information content (AvgIpc) is 3.54. The second-order valence-corrected chi connectivity index (χ2v) is 15.6. The van der Waals surface area contributed by atoms with E-state index in [9.17, 15) is 0 Å². The van der Waals surface area contributed by atoms with E-state index in [1.54, 1.807) is 0 Å². The lowest BCUT2D eigenvalue weighted by Crippen LogP contribution is -2.45. The third-order valence-corrected chi connectivity index (χ3v) is 12.5. The largest absolute Gasteiger partial charge is 0.360 e. The summed E-state index contributed by atoms with van der Waals surface area (Å²) in [6.07, 6.45) is 24.8. The molecule has 266 valence electrons. The number of fused-ring (bicyclic) bond motifs is 8. The third kappa shape index (κ3) is 5.19. The SMILES string of the molecule is C[C@@H]1CC=CC2C3=C(c4ccccc4N(c4ccc(-c5cnc6c(c5)C=CCC6)cc4)c4ccccc43)N(C3C=CC(c4cccc5cccnc45)=CC3)C21. The summed E-state index contributed by atoms with van der Waals surface area (Å²) in [7, 11) is 0. The minimum absolute atomic E-state index is 0.228. The topological polar surface area (TPSA) is 32.3 Å². The van der Waals surface area contributed by atoms with Crippen molar-refractivity contribution in [2.75, 3.05) is 4.90 Å². The van der Waals surface area contributed by atoms with Crippen molar-refractivity contribution in [3.8, 4) is 11.1 Å². The van der Waals surface area contributed by atoms with Crippen molar-refractivity contribution in [3.05, 3.63) is 186 Å². The number of para-hydroxylation sites is 3. The van der Waals surface area contributed by atoms with E-state index < -0.39 is 0 Å². The summed E-state index contributed by atoms with van der Waals surface area (Å²) in [5.74, 6) is 0.807. The predicted octanol–water partition coefficient (Wildman–Crippen LogP) is 12.2. The maximum Gasteiger partial charge on any atom is 0.0780 e. The van der Waals surface area contributed by atoms with Gasteiger partial charge in [-0.3, -0.25) is 9.97 Å². The van der Waals surface area contributed by atoms with Gasteiger partial charge in [-0.05, 0) is 90.3 Å². The molecule has 2 aromatic heterocycles. The first-order valence-electron chi connectivity index (χ1n) is 19.9. The zero-order chi connectivity index (χ0) is 36.5. The molecule has 3 unspecified atom stereocenters. The van der Waals surface area contributed by atoms with Crippen LogP contribution in [0.25, 0.3) is 44.9 Å².